The number of nitrogens with zero attached hydrogens (tertiary/aromatic N) is 1. The van der Waals surface area contributed by atoms with E-state index in [1.165, 1.54) is 4.90 Å². The van der Waals surface area contributed by atoms with Crippen LogP contribution in [-0.2, 0) is 9.59 Å². The molecule has 0 aromatic carbocycles. The van der Waals surface area contributed by atoms with Crippen molar-refractivity contribution in [3.8, 4) is 0 Å². The van der Waals surface area contributed by atoms with E-state index in [2.05, 4.69) is 5.32 Å². The fourth-order valence-corrected chi connectivity index (χ4v) is 2.39. The SMILES string of the molecule is O=C(O)[C@H]1C[C@@H](O)CN1C(=O)C1CCNC1. The molecular weight excluding hydrogens is 212 g/mol. The standard InChI is InChI=1S/C10H16N2O4/c13-7-3-8(10(15)16)12(5-7)9(14)6-1-2-11-4-6/h6-8,11,13H,1-5H2,(H,15,16)/t6?,7-,8-/m1/s1. The first-order valence-corrected chi connectivity index (χ1v) is 5.51. The highest BCUT2D eigenvalue weighted by molar-refractivity contribution is 5.86. The second-order valence-electron chi connectivity index (χ2n) is 4.42. The zero-order chi connectivity index (χ0) is 11.7. The summed E-state index contributed by atoms with van der Waals surface area (Å²) in [5.74, 6) is -1.31. The van der Waals surface area contributed by atoms with Gasteiger partial charge in [0.2, 0.25) is 5.91 Å². The van der Waals surface area contributed by atoms with Gasteiger partial charge in [-0.3, -0.25) is 4.79 Å². The van der Waals surface area contributed by atoms with Gasteiger partial charge in [0, 0.05) is 19.5 Å². The summed E-state index contributed by atoms with van der Waals surface area (Å²) in [4.78, 5) is 24.3. The number of amides is 1. The Hall–Kier alpha value is -1.14. The van der Waals surface area contributed by atoms with Crippen LogP contribution in [0.4, 0.5) is 0 Å². The van der Waals surface area contributed by atoms with E-state index < -0.39 is 18.1 Å². The number of hydrogen-bond donors (Lipinski definition) is 3. The fourth-order valence-electron chi connectivity index (χ4n) is 2.39. The summed E-state index contributed by atoms with van der Waals surface area (Å²) in [5, 5.41) is 21.5. The Morgan fingerprint density at radius 2 is 2.12 bits per heavy atom. The number of rotatable bonds is 2. The van der Waals surface area contributed by atoms with Crippen LogP contribution in [0.15, 0.2) is 0 Å². The Morgan fingerprint density at radius 1 is 1.38 bits per heavy atom. The van der Waals surface area contributed by atoms with E-state index in [4.69, 9.17) is 5.11 Å². The summed E-state index contributed by atoms with van der Waals surface area (Å²) in [6, 6.07) is -0.858. The summed E-state index contributed by atoms with van der Waals surface area (Å²) in [6.45, 7) is 1.55. The molecule has 16 heavy (non-hydrogen) atoms. The highest BCUT2D eigenvalue weighted by Gasteiger charge is 2.41. The Labute approximate surface area is 93.2 Å². The third kappa shape index (κ3) is 2.03. The van der Waals surface area contributed by atoms with E-state index in [9.17, 15) is 14.7 Å². The zero-order valence-electron chi connectivity index (χ0n) is 8.93. The minimum Gasteiger partial charge on any atom is -0.480 e. The summed E-state index contributed by atoms with van der Waals surface area (Å²) >= 11 is 0. The number of β-amino-alcohol motifs (C(OH)–C–C–N with tert-alkyl or cyclic N) is 1. The summed E-state index contributed by atoms with van der Waals surface area (Å²) in [7, 11) is 0. The van der Waals surface area contributed by atoms with E-state index in [0.717, 1.165) is 13.0 Å². The molecule has 2 fully saturated rings. The van der Waals surface area contributed by atoms with E-state index in [1.807, 2.05) is 0 Å². The third-order valence-electron chi connectivity index (χ3n) is 3.26. The fraction of sp³-hybridized carbons (Fsp3) is 0.800. The number of aliphatic carboxylic acids is 1. The smallest absolute Gasteiger partial charge is 0.326 e. The molecular formula is C10H16N2O4. The Morgan fingerprint density at radius 3 is 2.69 bits per heavy atom. The lowest BCUT2D eigenvalue weighted by Gasteiger charge is -2.24. The lowest BCUT2D eigenvalue weighted by molar-refractivity contribution is -0.149. The zero-order valence-corrected chi connectivity index (χ0v) is 8.93. The predicted molar refractivity (Wildman–Crippen MR) is 54.7 cm³/mol. The van der Waals surface area contributed by atoms with Gasteiger partial charge in [-0.25, -0.2) is 4.79 Å². The molecule has 6 nitrogen and oxygen atoms in total. The highest BCUT2D eigenvalue weighted by Crippen LogP contribution is 2.22. The minimum absolute atomic E-state index is 0.132. The summed E-state index contributed by atoms with van der Waals surface area (Å²) < 4.78 is 0. The van der Waals surface area contributed by atoms with Crippen LogP contribution in [0, 0.1) is 5.92 Å². The van der Waals surface area contributed by atoms with Crippen LogP contribution in [0.1, 0.15) is 12.8 Å². The molecule has 2 rings (SSSR count). The van der Waals surface area contributed by atoms with Crippen LogP contribution in [0.25, 0.3) is 0 Å². The number of carboxylic acid groups (broad SMARTS) is 1. The molecule has 90 valence electrons. The molecule has 0 bridgehead atoms. The maximum absolute atomic E-state index is 12.0. The van der Waals surface area contributed by atoms with E-state index in [-0.39, 0.29) is 24.8 Å². The molecule has 2 aliphatic rings. The maximum Gasteiger partial charge on any atom is 0.326 e. The van der Waals surface area contributed by atoms with Crippen molar-refractivity contribution >= 4 is 11.9 Å². The first kappa shape index (κ1) is 11.3. The molecule has 3 atom stereocenters. The van der Waals surface area contributed by atoms with Crippen molar-refractivity contribution < 1.29 is 19.8 Å². The van der Waals surface area contributed by atoms with Gasteiger partial charge in [0.05, 0.1) is 12.0 Å². The van der Waals surface area contributed by atoms with Crippen molar-refractivity contribution in [3.63, 3.8) is 0 Å². The molecule has 2 heterocycles. The maximum atomic E-state index is 12.0. The third-order valence-corrected chi connectivity index (χ3v) is 3.26. The van der Waals surface area contributed by atoms with Gasteiger partial charge in [0.15, 0.2) is 0 Å². The monoisotopic (exact) mass is 228 g/mol. The Balaban J connectivity index is 2.06. The minimum atomic E-state index is -1.03. The van der Waals surface area contributed by atoms with Crippen LogP contribution in [-0.4, -0.2) is 58.8 Å². The number of carbonyl (C=O) groups excluding carboxylic acids is 1. The van der Waals surface area contributed by atoms with Crippen LogP contribution in [0.2, 0.25) is 0 Å². The summed E-state index contributed by atoms with van der Waals surface area (Å²) in [6.07, 6.45) is 0.179. The number of carboxylic acids is 1. The van der Waals surface area contributed by atoms with Crippen molar-refractivity contribution in [1.29, 1.82) is 0 Å². The van der Waals surface area contributed by atoms with Crippen LogP contribution < -0.4 is 5.32 Å². The first-order chi connectivity index (χ1) is 7.59. The Bertz CT molecular complexity index is 301. The number of aliphatic hydroxyl groups is 1. The second kappa shape index (κ2) is 4.39. The molecule has 0 spiro atoms. The number of carbonyl (C=O) groups is 2. The Kier molecular flexibility index (Phi) is 3.11. The van der Waals surface area contributed by atoms with Crippen molar-refractivity contribution in [3.05, 3.63) is 0 Å². The molecule has 0 aromatic rings. The molecule has 0 saturated carbocycles. The first-order valence-electron chi connectivity index (χ1n) is 5.51. The largest absolute Gasteiger partial charge is 0.480 e. The van der Waals surface area contributed by atoms with Gasteiger partial charge in [-0.05, 0) is 13.0 Å². The topological polar surface area (TPSA) is 89.9 Å². The van der Waals surface area contributed by atoms with Gasteiger partial charge in [0.25, 0.3) is 0 Å². The van der Waals surface area contributed by atoms with Crippen LogP contribution in [0.5, 0.6) is 0 Å². The molecule has 0 radical (unpaired) electrons. The lowest BCUT2D eigenvalue weighted by Crippen LogP contribution is -2.44. The summed E-state index contributed by atoms with van der Waals surface area (Å²) in [5.41, 5.74) is 0. The average molecular weight is 228 g/mol. The molecule has 2 saturated heterocycles. The van der Waals surface area contributed by atoms with Crippen LogP contribution >= 0.6 is 0 Å². The molecule has 3 N–H and O–H groups in total. The lowest BCUT2D eigenvalue weighted by atomic mass is 10.1. The van der Waals surface area contributed by atoms with Crippen LogP contribution in [0.3, 0.4) is 0 Å². The molecule has 0 aliphatic carbocycles. The van der Waals surface area contributed by atoms with E-state index in [1.54, 1.807) is 0 Å². The van der Waals surface area contributed by atoms with Crippen molar-refractivity contribution in [2.45, 2.75) is 25.0 Å². The van der Waals surface area contributed by atoms with Gasteiger partial charge in [-0.2, -0.15) is 0 Å². The van der Waals surface area contributed by atoms with Crippen molar-refractivity contribution in [2.75, 3.05) is 19.6 Å². The average Bonchev–Trinajstić information content (AvgIpc) is 2.84. The molecule has 1 unspecified atom stereocenters. The van der Waals surface area contributed by atoms with Crippen molar-refractivity contribution in [2.24, 2.45) is 5.92 Å². The van der Waals surface area contributed by atoms with Gasteiger partial charge in [-0.15, -0.1) is 0 Å². The van der Waals surface area contributed by atoms with E-state index >= 15 is 0 Å². The normalized spacial score (nSPS) is 34.3. The number of nitrogens with one attached hydrogen (secondary N) is 1. The predicted octanol–water partition coefficient (Wildman–Crippen LogP) is -1.36. The van der Waals surface area contributed by atoms with Crippen molar-refractivity contribution in [1.82, 2.24) is 10.2 Å². The van der Waals surface area contributed by atoms with E-state index in [0.29, 0.717) is 6.54 Å². The molecule has 6 heteroatoms. The highest BCUT2D eigenvalue weighted by atomic mass is 16.4. The number of hydrogen-bond acceptors (Lipinski definition) is 4. The number of aliphatic hydroxyl groups excluding tert-OH is 1. The van der Waals surface area contributed by atoms with Gasteiger partial charge in [-0.1, -0.05) is 0 Å². The number of likely N-dealkylation sites (tertiary alicyclic amines) is 1. The molecule has 1 amide bonds. The van der Waals surface area contributed by atoms with Gasteiger partial charge in [0.1, 0.15) is 6.04 Å². The van der Waals surface area contributed by atoms with Gasteiger partial charge < -0.3 is 20.4 Å². The second-order valence-corrected chi connectivity index (χ2v) is 4.42. The van der Waals surface area contributed by atoms with Gasteiger partial charge >= 0.3 is 5.97 Å². The molecule has 2 aliphatic heterocycles. The quantitative estimate of drug-likeness (QED) is 0.543. The molecule has 0 aromatic heterocycles.